The smallest absolute Gasteiger partial charge is 0.295 e. The number of anilines is 1. The van der Waals surface area contributed by atoms with Gasteiger partial charge < -0.3 is 18.6 Å². The first-order valence-electron chi connectivity index (χ1n) is 13.6. The van der Waals surface area contributed by atoms with E-state index in [1.54, 1.807) is 29.2 Å². The quantitative estimate of drug-likeness (QED) is 0.197. The lowest BCUT2D eigenvalue weighted by Crippen LogP contribution is -2.29. The summed E-state index contributed by atoms with van der Waals surface area (Å²) in [6.07, 6.45) is 3.14. The number of benzene rings is 3. The molecule has 0 fully saturated rings. The second-order valence-corrected chi connectivity index (χ2v) is 9.37. The molecule has 1 unspecified atom stereocenters. The van der Waals surface area contributed by atoms with E-state index in [0.29, 0.717) is 59.3 Å². The van der Waals surface area contributed by atoms with E-state index in [9.17, 15) is 9.59 Å². The number of nitrogens with zero attached hydrogens (tertiary/aromatic N) is 1. The van der Waals surface area contributed by atoms with Crippen LogP contribution >= 0.6 is 0 Å². The fourth-order valence-electron chi connectivity index (χ4n) is 4.99. The topological polar surface area (TPSA) is 78.2 Å². The maximum absolute atomic E-state index is 13.9. The highest BCUT2D eigenvalue weighted by atomic mass is 16.5. The molecule has 0 saturated carbocycles. The molecule has 0 aliphatic carbocycles. The molecule has 7 nitrogen and oxygen atoms in total. The van der Waals surface area contributed by atoms with Crippen LogP contribution in [0.15, 0.2) is 75.9 Å². The lowest BCUT2D eigenvalue weighted by Gasteiger charge is -2.26. The van der Waals surface area contributed by atoms with Crippen LogP contribution in [0, 0.1) is 0 Å². The number of carbonyl (C=O) groups is 1. The van der Waals surface area contributed by atoms with Crippen LogP contribution in [0.1, 0.15) is 67.8 Å². The van der Waals surface area contributed by atoms with Gasteiger partial charge in [-0.25, -0.2) is 0 Å². The molecular weight excluding hydrogens is 494 g/mol. The van der Waals surface area contributed by atoms with Gasteiger partial charge in [-0.05, 0) is 74.4 Å². The molecule has 3 aromatic carbocycles. The fraction of sp³-hybridized carbons (Fsp3) is 0.312. The van der Waals surface area contributed by atoms with E-state index in [2.05, 4.69) is 6.92 Å². The van der Waals surface area contributed by atoms with Gasteiger partial charge >= 0.3 is 0 Å². The van der Waals surface area contributed by atoms with Crippen LogP contribution in [-0.4, -0.2) is 25.7 Å². The van der Waals surface area contributed by atoms with Crippen molar-refractivity contribution in [1.29, 1.82) is 0 Å². The van der Waals surface area contributed by atoms with Crippen molar-refractivity contribution in [2.75, 3.05) is 24.7 Å². The first-order valence-corrected chi connectivity index (χ1v) is 13.6. The highest BCUT2D eigenvalue weighted by molar-refractivity contribution is 6.10. The van der Waals surface area contributed by atoms with Gasteiger partial charge in [0.1, 0.15) is 11.3 Å². The van der Waals surface area contributed by atoms with Crippen molar-refractivity contribution >= 4 is 22.6 Å². The van der Waals surface area contributed by atoms with Gasteiger partial charge in [-0.2, -0.15) is 0 Å². The van der Waals surface area contributed by atoms with Crippen LogP contribution in [0.25, 0.3) is 11.0 Å². The standard InChI is InChI=1S/C32H33NO6/c1-4-7-10-19-38-26-18-13-21(20-27(26)37-6-3)29-28-30(34)24-11-8-9-12-25(24)39-31(28)32(35)33(29)22-14-16-23(17-15-22)36-5-2/h8-9,11-18,20,29H,4-7,10,19H2,1-3H3. The highest BCUT2D eigenvalue weighted by Gasteiger charge is 2.44. The minimum Gasteiger partial charge on any atom is -0.494 e. The molecule has 1 aliphatic rings. The molecule has 0 spiro atoms. The molecule has 1 aromatic heterocycles. The Morgan fingerprint density at radius 3 is 2.33 bits per heavy atom. The molecule has 1 amide bonds. The monoisotopic (exact) mass is 527 g/mol. The fourth-order valence-corrected chi connectivity index (χ4v) is 4.99. The highest BCUT2D eigenvalue weighted by Crippen LogP contribution is 2.43. The zero-order valence-electron chi connectivity index (χ0n) is 22.6. The predicted molar refractivity (Wildman–Crippen MR) is 151 cm³/mol. The summed E-state index contributed by atoms with van der Waals surface area (Å²) in [6.45, 7) is 7.55. The molecule has 0 saturated heterocycles. The summed E-state index contributed by atoms with van der Waals surface area (Å²) < 4.78 is 23.6. The van der Waals surface area contributed by atoms with Crippen LogP contribution in [0.2, 0.25) is 0 Å². The normalized spacial score (nSPS) is 14.5. The Balaban J connectivity index is 1.64. The van der Waals surface area contributed by atoms with Crippen molar-refractivity contribution in [3.05, 3.63) is 93.8 Å². The minimum atomic E-state index is -0.709. The third-order valence-electron chi connectivity index (χ3n) is 6.79. The summed E-state index contributed by atoms with van der Waals surface area (Å²) in [4.78, 5) is 29.3. The van der Waals surface area contributed by atoms with Gasteiger partial charge in [-0.3, -0.25) is 14.5 Å². The molecule has 0 N–H and O–H groups in total. The first-order chi connectivity index (χ1) is 19.1. The van der Waals surface area contributed by atoms with Gasteiger partial charge in [0.05, 0.1) is 36.8 Å². The van der Waals surface area contributed by atoms with Gasteiger partial charge in [0.2, 0.25) is 5.76 Å². The van der Waals surface area contributed by atoms with Gasteiger partial charge in [-0.15, -0.1) is 0 Å². The maximum atomic E-state index is 13.9. The Kier molecular flexibility index (Phi) is 7.87. The molecule has 2 heterocycles. The Morgan fingerprint density at radius 1 is 0.821 bits per heavy atom. The summed E-state index contributed by atoms with van der Waals surface area (Å²) >= 11 is 0. The summed E-state index contributed by atoms with van der Waals surface area (Å²) in [5, 5.41) is 0.434. The number of ether oxygens (including phenoxy) is 3. The molecule has 0 radical (unpaired) electrons. The lowest BCUT2D eigenvalue weighted by atomic mass is 9.97. The van der Waals surface area contributed by atoms with Crippen LogP contribution in [0.4, 0.5) is 5.69 Å². The van der Waals surface area contributed by atoms with Gasteiger partial charge in [0.15, 0.2) is 16.9 Å². The maximum Gasteiger partial charge on any atom is 0.295 e. The van der Waals surface area contributed by atoms with Crippen LogP contribution in [0.3, 0.4) is 0 Å². The molecule has 1 atom stereocenters. The third-order valence-corrected chi connectivity index (χ3v) is 6.79. The zero-order valence-corrected chi connectivity index (χ0v) is 22.6. The summed E-state index contributed by atoms with van der Waals surface area (Å²) in [5.74, 6) is 1.59. The Morgan fingerprint density at radius 2 is 1.59 bits per heavy atom. The molecule has 4 aromatic rings. The molecule has 0 bridgehead atoms. The van der Waals surface area contributed by atoms with E-state index in [1.807, 2.05) is 56.3 Å². The second kappa shape index (κ2) is 11.6. The van der Waals surface area contributed by atoms with Crippen molar-refractivity contribution < 1.29 is 23.4 Å². The minimum absolute atomic E-state index is 0.0513. The number of hydrogen-bond donors (Lipinski definition) is 0. The average molecular weight is 528 g/mol. The van der Waals surface area contributed by atoms with Crippen molar-refractivity contribution in [2.45, 2.75) is 46.1 Å². The Hall–Kier alpha value is -4.26. The molecule has 1 aliphatic heterocycles. The first kappa shape index (κ1) is 26.4. The number of rotatable bonds is 11. The average Bonchev–Trinajstić information content (AvgIpc) is 3.25. The number of hydrogen-bond acceptors (Lipinski definition) is 6. The molecule has 5 rings (SSSR count). The zero-order chi connectivity index (χ0) is 27.4. The number of carbonyl (C=O) groups excluding carboxylic acids is 1. The van der Waals surface area contributed by atoms with Crippen molar-refractivity contribution in [1.82, 2.24) is 0 Å². The van der Waals surface area contributed by atoms with E-state index in [-0.39, 0.29) is 17.1 Å². The number of fused-ring (bicyclic) bond motifs is 2. The lowest BCUT2D eigenvalue weighted by molar-refractivity contribution is 0.0971. The van der Waals surface area contributed by atoms with E-state index in [1.165, 1.54) is 0 Å². The Labute approximate surface area is 227 Å². The van der Waals surface area contributed by atoms with Crippen molar-refractivity contribution in [2.24, 2.45) is 0 Å². The SMILES string of the molecule is CCCCCOc1ccc(C2c3c(oc4ccccc4c3=O)C(=O)N2c2ccc(OCC)cc2)cc1OCC. The van der Waals surface area contributed by atoms with Crippen LogP contribution in [0.5, 0.6) is 17.2 Å². The summed E-state index contributed by atoms with van der Waals surface area (Å²) in [7, 11) is 0. The number of unbranched alkanes of at least 4 members (excludes halogenated alkanes) is 2. The van der Waals surface area contributed by atoms with Crippen molar-refractivity contribution in [3.63, 3.8) is 0 Å². The number of para-hydroxylation sites is 1. The van der Waals surface area contributed by atoms with Crippen LogP contribution < -0.4 is 24.5 Å². The van der Waals surface area contributed by atoms with E-state index < -0.39 is 6.04 Å². The van der Waals surface area contributed by atoms with Crippen molar-refractivity contribution in [3.8, 4) is 17.2 Å². The predicted octanol–water partition coefficient (Wildman–Crippen LogP) is 6.91. The Bertz CT molecular complexity index is 1520. The van der Waals surface area contributed by atoms with Gasteiger partial charge in [0.25, 0.3) is 5.91 Å². The molecule has 202 valence electrons. The van der Waals surface area contributed by atoms with Gasteiger partial charge in [-0.1, -0.05) is 38.0 Å². The summed E-state index contributed by atoms with van der Waals surface area (Å²) in [6, 6.07) is 19.2. The molecule has 7 heteroatoms. The largest absolute Gasteiger partial charge is 0.494 e. The van der Waals surface area contributed by atoms with E-state index in [4.69, 9.17) is 18.6 Å². The second-order valence-electron chi connectivity index (χ2n) is 9.37. The van der Waals surface area contributed by atoms with E-state index >= 15 is 0 Å². The van der Waals surface area contributed by atoms with Crippen LogP contribution in [-0.2, 0) is 0 Å². The van der Waals surface area contributed by atoms with Gasteiger partial charge in [0, 0.05) is 5.69 Å². The third kappa shape index (κ3) is 5.09. The van der Waals surface area contributed by atoms with E-state index in [0.717, 1.165) is 24.8 Å². The molecular formula is C32H33NO6. The number of amides is 1. The molecule has 39 heavy (non-hydrogen) atoms. The summed E-state index contributed by atoms with van der Waals surface area (Å²) in [5.41, 5.74) is 1.82.